The number of nitrogens with one attached hydrogen (secondary N) is 2. The summed E-state index contributed by atoms with van der Waals surface area (Å²) >= 11 is 0. The second kappa shape index (κ2) is 13.1. The fourth-order valence-electron chi connectivity index (χ4n) is 3.70. The van der Waals surface area contributed by atoms with Crippen molar-refractivity contribution < 1.29 is 36.3 Å². The molecular weight excluding hydrogens is 550 g/mol. The molecule has 1 amide bonds. The third kappa shape index (κ3) is 7.71. The van der Waals surface area contributed by atoms with Gasteiger partial charge in [-0.25, -0.2) is 4.98 Å². The van der Waals surface area contributed by atoms with E-state index >= 15 is 0 Å². The van der Waals surface area contributed by atoms with E-state index in [1.165, 1.54) is 38.2 Å². The molecule has 0 radical (unpaired) electrons. The van der Waals surface area contributed by atoms with E-state index < -0.39 is 31.1 Å². The summed E-state index contributed by atoms with van der Waals surface area (Å²) in [4.78, 5) is 21.8. The maximum absolute atomic E-state index is 13.8. The highest BCUT2D eigenvalue weighted by atomic mass is 31.2. The van der Waals surface area contributed by atoms with Gasteiger partial charge >= 0.3 is 13.8 Å². The minimum atomic E-state index is -4.77. The normalized spacial score (nSPS) is 11.7. The Morgan fingerprint density at radius 1 is 1.02 bits per heavy atom. The van der Waals surface area contributed by atoms with Gasteiger partial charge in [-0.15, -0.1) is 0 Å². The Labute approximate surface area is 230 Å². The summed E-state index contributed by atoms with van der Waals surface area (Å²) in [7, 11) is 1.12. The molecule has 0 unspecified atom stereocenters. The first-order valence-electron chi connectivity index (χ1n) is 12.2. The standard InChI is InChI=1S/C26H31F3N5O5P/c1-6-38-40(36,39-7-2)16-17-12-13-21(22(14-17)37-5)32-25-30-15-19(26(27,28)29)23(33-25)31-20-11-9-8-10-18(20)24(35)34(3)4/h8-15H,6-7,16H2,1-5H3,(H2,30,31,32,33). The van der Waals surface area contributed by atoms with Crippen molar-refractivity contribution in [3.63, 3.8) is 0 Å². The highest BCUT2D eigenvalue weighted by molar-refractivity contribution is 7.53. The molecule has 40 heavy (non-hydrogen) atoms. The van der Waals surface area contributed by atoms with Gasteiger partial charge in [-0.05, 0) is 43.7 Å². The van der Waals surface area contributed by atoms with E-state index in [1.54, 1.807) is 44.2 Å². The second-order valence-electron chi connectivity index (χ2n) is 8.59. The smallest absolute Gasteiger partial charge is 0.421 e. The molecule has 0 bridgehead atoms. The van der Waals surface area contributed by atoms with Crippen LogP contribution in [0, 0.1) is 0 Å². The summed E-state index contributed by atoms with van der Waals surface area (Å²) in [5.74, 6) is -0.801. The van der Waals surface area contributed by atoms with Crippen molar-refractivity contribution in [2.24, 2.45) is 0 Å². The highest BCUT2D eigenvalue weighted by Crippen LogP contribution is 2.51. The molecule has 0 aliphatic heterocycles. The molecule has 0 atom stereocenters. The molecule has 0 saturated carbocycles. The minimum Gasteiger partial charge on any atom is -0.495 e. The van der Waals surface area contributed by atoms with Crippen LogP contribution in [-0.2, 0) is 26.0 Å². The van der Waals surface area contributed by atoms with Crippen LogP contribution in [0.4, 0.5) is 36.3 Å². The van der Waals surface area contributed by atoms with Gasteiger partial charge in [0.1, 0.15) is 17.1 Å². The number of ether oxygens (including phenoxy) is 1. The fraction of sp³-hybridized carbons (Fsp3) is 0.346. The van der Waals surface area contributed by atoms with E-state index in [9.17, 15) is 22.5 Å². The van der Waals surface area contributed by atoms with Crippen molar-refractivity contribution in [2.45, 2.75) is 26.2 Å². The van der Waals surface area contributed by atoms with Crippen molar-refractivity contribution in [3.05, 3.63) is 65.4 Å². The number of hydrogen-bond donors (Lipinski definition) is 2. The lowest BCUT2D eigenvalue weighted by molar-refractivity contribution is -0.137. The SMILES string of the molecule is CCOP(=O)(Cc1ccc(Nc2ncc(C(F)(F)F)c(Nc3ccccc3C(=O)N(C)C)n2)c(OC)c1)OCC. The molecule has 216 valence electrons. The van der Waals surface area contributed by atoms with Crippen LogP contribution in [0.5, 0.6) is 5.75 Å². The topological polar surface area (TPSA) is 115 Å². The van der Waals surface area contributed by atoms with Gasteiger partial charge < -0.3 is 29.3 Å². The number of carbonyl (C=O) groups is 1. The van der Waals surface area contributed by atoms with Gasteiger partial charge in [-0.2, -0.15) is 18.2 Å². The lowest BCUT2D eigenvalue weighted by Gasteiger charge is -2.19. The Morgan fingerprint density at radius 3 is 2.30 bits per heavy atom. The molecule has 2 N–H and O–H groups in total. The summed E-state index contributed by atoms with van der Waals surface area (Å²) in [5, 5.41) is 5.51. The number of hydrogen-bond acceptors (Lipinski definition) is 9. The van der Waals surface area contributed by atoms with E-state index in [0.717, 1.165) is 0 Å². The van der Waals surface area contributed by atoms with Crippen molar-refractivity contribution in [2.75, 3.05) is 45.1 Å². The number of benzene rings is 2. The molecule has 1 heterocycles. The van der Waals surface area contributed by atoms with E-state index in [1.807, 2.05) is 0 Å². The van der Waals surface area contributed by atoms with Gasteiger partial charge in [0.05, 0.1) is 43.4 Å². The van der Waals surface area contributed by atoms with E-state index in [0.29, 0.717) is 23.2 Å². The number of anilines is 4. The molecule has 0 aliphatic carbocycles. The molecule has 0 aliphatic rings. The van der Waals surface area contributed by atoms with Crippen molar-refractivity contribution in [3.8, 4) is 5.75 Å². The number of methoxy groups -OCH3 is 1. The molecule has 3 aromatic rings. The van der Waals surface area contributed by atoms with Crippen LogP contribution in [0.3, 0.4) is 0 Å². The molecule has 2 aromatic carbocycles. The lowest BCUT2D eigenvalue weighted by atomic mass is 10.1. The highest BCUT2D eigenvalue weighted by Gasteiger charge is 2.36. The number of halogens is 3. The zero-order valence-corrected chi connectivity index (χ0v) is 23.6. The first kappa shape index (κ1) is 30.9. The van der Waals surface area contributed by atoms with Gasteiger partial charge in [0.25, 0.3) is 5.91 Å². The molecular formula is C26H31F3N5O5P. The van der Waals surface area contributed by atoms with Crippen LogP contribution in [0.1, 0.15) is 35.3 Å². The van der Waals surface area contributed by atoms with E-state index in [4.69, 9.17) is 13.8 Å². The van der Waals surface area contributed by atoms with Gasteiger partial charge in [0, 0.05) is 20.3 Å². The third-order valence-corrected chi connectivity index (χ3v) is 7.51. The maximum atomic E-state index is 13.8. The summed E-state index contributed by atoms with van der Waals surface area (Å²) in [6, 6.07) is 11.0. The minimum absolute atomic E-state index is 0.00124. The van der Waals surface area contributed by atoms with Crippen LogP contribution >= 0.6 is 7.60 Å². The summed E-state index contributed by atoms with van der Waals surface area (Å²) in [6.45, 7) is 3.85. The fourth-order valence-corrected chi connectivity index (χ4v) is 5.38. The Balaban J connectivity index is 1.96. The van der Waals surface area contributed by atoms with Gasteiger partial charge in [0.15, 0.2) is 0 Å². The number of carbonyl (C=O) groups excluding carboxylic acids is 1. The second-order valence-corrected chi connectivity index (χ2v) is 10.6. The molecule has 14 heteroatoms. The Hall–Kier alpha value is -3.67. The number of rotatable bonds is 12. The zero-order valence-electron chi connectivity index (χ0n) is 22.7. The largest absolute Gasteiger partial charge is 0.495 e. The summed E-state index contributed by atoms with van der Waals surface area (Å²) in [5.41, 5.74) is 0.150. The monoisotopic (exact) mass is 581 g/mol. The maximum Gasteiger partial charge on any atom is 0.421 e. The first-order valence-corrected chi connectivity index (χ1v) is 14.0. The van der Waals surface area contributed by atoms with Gasteiger partial charge in [-0.3, -0.25) is 9.36 Å². The van der Waals surface area contributed by atoms with Crippen molar-refractivity contribution >= 4 is 36.6 Å². The van der Waals surface area contributed by atoms with Crippen LogP contribution in [0.25, 0.3) is 0 Å². The number of para-hydroxylation sites is 1. The van der Waals surface area contributed by atoms with Crippen molar-refractivity contribution in [1.82, 2.24) is 14.9 Å². The van der Waals surface area contributed by atoms with Crippen LogP contribution < -0.4 is 15.4 Å². The molecule has 10 nitrogen and oxygen atoms in total. The average molecular weight is 582 g/mol. The predicted octanol–water partition coefficient (Wildman–Crippen LogP) is 6.46. The lowest BCUT2D eigenvalue weighted by Crippen LogP contribution is -2.23. The number of aromatic nitrogens is 2. The average Bonchev–Trinajstić information content (AvgIpc) is 2.89. The van der Waals surface area contributed by atoms with Crippen LogP contribution in [0.2, 0.25) is 0 Å². The Bertz CT molecular complexity index is 1380. The third-order valence-electron chi connectivity index (χ3n) is 5.45. The molecule has 0 saturated heterocycles. The first-order chi connectivity index (χ1) is 18.9. The quantitative estimate of drug-likeness (QED) is 0.233. The Kier molecular flexibility index (Phi) is 10.1. The predicted molar refractivity (Wildman–Crippen MR) is 146 cm³/mol. The molecule has 1 aromatic heterocycles. The number of alkyl halides is 3. The number of nitrogens with zero attached hydrogens (tertiary/aromatic N) is 3. The Morgan fingerprint density at radius 2 is 1.70 bits per heavy atom. The molecule has 3 rings (SSSR count). The van der Waals surface area contributed by atoms with E-state index in [-0.39, 0.29) is 36.6 Å². The summed E-state index contributed by atoms with van der Waals surface area (Å²) < 4.78 is 70.5. The summed E-state index contributed by atoms with van der Waals surface area (Å²) in [6.07, 6.45) is -4.12. The van der Waals surface area contributed by atoms with Gasteiger partial charge in [-0.1, -0.05) is 18.2 Å². The van der Waals surface area contributed by atoms with Crippen LogP contribution in [0.15, 0.2) is 48.7 Å². The molecule has 0 spiro atoms. The number of amides is 1. The van der Waals surface area contributed by atoms with Gasteiger partial charge in [0.2, 0.25) is 5.95 Å². The van der Waals surface area contributed by atoms with E-state index in [2.05, 4.69) is 20.6 Å². The van der Waals surface area contributed by atoms with Crippen LogP contribution in [-0.4, -0.2) is 55.2 Å². The van der Waals surface area contributed by atoms with Crippen molar-refractivity contribution in [1.29, 1.82) is 0 Å². The molecule has 0 fully saturated rings. The zero-order chi connectivity index (χ0) is 29.5.